The summed E-state index contributed by atoms with van der Waals surface area (Å²) in [5, 5.41) is 14.9. The molecule has 9 nitrogen and oxygen atoms in total. The largest absolute Gasteiger partial charge is 0.454 e. The van der Waals surface area contributed by atoms with E-state index < -0.39 is 29.4 Å². The fourth-order valence-electron chi connectivity index (χ4n) is 2.89. The van der Waals surface area contributed by atoms with Gasteiger partial charge in [0.15, 0.2) is 6.61 Å². The van der Waals surface area contributed by atoms with Gasteiger partial charge in [-0.15, -0.1) is 11.3 Å². The third-order valence-electron chi connectivity index (χ3n) is 4.23. The number of rotatable bonds is 6. The second-order valence-corrected chi connectivity index (χ2v) is 7.04. The van der Waals surface area contributed by atoms with Gasteiger partial charge in [0.05, 0.1) is 9.80 Å². The summed E-state index contributed by atoms with van der Waals surface area (Å²) in [4.78, 5) is 48.9. The standard InChI is InChI=1S/C18H17N3O6S/c22-16(19-12-5-7-13(8-6-12)21(25)26)11-27-18(24)14-3-1-9-20(14)17(23)15-4-2-10-28-15/h2,4-8,10,14H,1,3,9,11H2,(H,19,22). The number of likely N-dealkylation sites (tertiary alicyclic amines) is 1. The lowest BCUT2D eigenvalue weighted by Gasteiger charge is -2.22. The van der Waals surface area contributed by atoms with E-state index in [2.05, 4.69) is 5.32 Å². The predicted molar refractivity (Wildman–Crippen MR) is 101 cm³/mol. The molecular weight excluding hydrogens is 386 g/mol. The van der Waals surface area contributed by atoms with Crippen LogP contribution in [0.1, 0.15) is 22.5 Å². The van der Waals surface area contributed by atoms with Gasteiger partial charge in [-0.25, -0.2) is 4.79 Å². The van der Waals surface area contributed by atoms with Gasteiger partial charge in [0.25, 0.3) is 17.5 Å². The number of nitro groups is 1. The van der Waals surface area contributed by atoms with Gasteiger partial charge in [0.2, 0.25) is 0 Å². The van der Waals surface area contributed by atoms with Gasteiger partial charge in [-0.05, 0) is 36.4 Å². The molecule has 28 heavy (non-hydrogen) atoms. The molecule has 1 aromatic heterocycles. The lowest BCUT2D eigenvalue weighted by molar-refractivity contribution is -0.384. The van der Waals surface area contributed by atoms with Crippen LogP contribution < -0.4 is 5.32 Å². The molecule has 0 aliphatic carbocycles. The normalized spacial score (nSPS) is 15.9. The Morgan fingerprint density at radius 2 is 2.00 bits per heavy atom. The molecule has 0 saturated carbocycles. The van der Waals surface area contributed by atoms with Crippen LogP contribution in [-0.2, 0) is 14.3 Å². The van der Waals surface area contributed by atoms with Crippen LogP contribution in [0.2, 0.25) is 0 Å². The smallest absolute Gasteiger partial charge is 0.329 e. The number of carbonyl (C=O) groups is 3. The Hall–Kier alpha value is -3.27. The third kappa shape index (κ3) is 4.52. The van der Waals surface area contributed by atoms with E-state index in [9.17, 15) is 24.5 Å². The van der Waals surface area contributed by atoms with Crippen molar-refractivity contribution in [2.45, 2.75) is 18.9 Å². The number of nitrogens with one attached hydrogen (secondary N) is 1. The van der Waals surface area contributed by atoms with Gasteiger partial charge >= 0.3 is 5.97 Å². The maximum atomic E-state index is 12.5. The number of hydrogen-bond donors (Lipinski definition) is 1. The highest BCUT2D eigenvalue weighted by Crippen LogP contribution is 2.23. The molecule has 1 saturated heterocycles. The van der Waals surface area contributed by atoms with E-state index in [1.165, 1.54) is 40.5 Å². The molecule has 0 radical (unpaired) electrons. The molecule has 0 bridgehead atoms. The van der Waals surface area contributed by atoms with Crippen LogP contribution in [0, 0.1) is 10.1 Å². The molecule has 2 aromatic rings. The Labute approximate surface area is 164 Å². The molecule has 2 amide bonds. The molecule has 1 aliphatic rings. The number of esters is 1. The molecule has 1 fully saturated rings. The van der Waals surface area contributed by atoms with E-state index in [1.54, 1.807) is 17.5 Å². The van der Waals surface area contributed by atoms with E-state index >= 15 is 0 Å². The number of ether oxygens (including phenoxy) is 1. The summed E-state index contributed by atoms with van der Waals surface area (Å²) in [5.41, 5.74) is 0.253. The van der Waals surface area contributed by atoms with Gasteiger partial charge in [0.1, 0.15) is 6.04 Å². The quantitative estimate of drug-likeness (QED) is 0.449. The Bertz CT molecular complexity index is 881. The molecule has 146 valence electrons. The molecule has 3 rings (SSSR count). The molecule has 1 unspecified atom stereocenters. The minimum absolute atomic E-state index is 0.0961. The van der Waals surface area contributed by atoms with Crippen molar-refractivity contribution < 1.29 is 24.0 Å². The summed E-state index contributed by atoms with van der Waals surface area (Å²) < 4.78 is 5.07. The first kappa shape index (κ1) is 19.5. The van der Waals surface area contributed by atoms with E-state index in [-0.39, 0.29) is 11.6 Å². The van der Waals surface area contributed by atoms with Gasteiger partial charge in [0, 0.05) is 24.4 Å². The van der Waals surface area contributed by atoms with E-state index in [0.29, 0.717) is 30.0 Å². The second kappa shape index (κ2) is 8.61. The lowest BCUT2D eigenvalue weighted by Crippen LogP contribution is -2.41. The van der Waals surface area contributed by atoms with E-state index in [4.69, 9.17) is 4.74 Å². The average molecular weight is 403 g/mol. The van der Waals surface area contributed by atoms with Crippen LogP contribution >= 0.6 is 11.3 Å². The lowest BCUT2D eigenvalue weighted by atomic mass is 10.2. The molecule has 1 aromatic carbocycles. The van der Waals surface area contributed by atoms with Gasteiger partial charge in [-0.3, -0.25) is 19.7 Å². The topological polar surface area (TPSA) is 119 Å². The van der Waals surface area contributed by atoms with Crippen LogP contribution in [0.25, 0.3) is 0 Å². The van der Waals surface area contributed by atoms with E-state index in [0.717, 1.165) is 0 Å². The van der Waals surface area contributed by atoms with Crippen LogP contribution in [0.15, 0.2) is 41.8 Å². The number of non-ortho nitro benzene ring substituents is 1. The molecule has 1 N–H and O–H groups in total. The Morgan fingerprint density at radius 1 is 1.25 bits per heavy atom. The number of hydrogen-bond acceptors (Lipinski definition) is 7. The minimum Gasteiger partial charge on any atom is -0.454 e. The van der Waals surface area contributed by atoms with Crippen molar-refractivity contribution in [3.05, 3.63) is 56.8 Å². The number of amides is 2. The van der Waals surface area contributed by atoms with Crippen molar-refractivity contribution in [3.8, 4) is 0 Å². The zero-order valence-electron chi connectivity index (χ0n) is 14.7. The second-order valence-electron chi connectivity index (χ2n) is 6.09. The van der Waals surface area contributed by atoms with Crippen molar-refractivity contribution >= 4 is 40.5 Å². The fraction of sp³-hybridized carbons (Fsp3) is 0.278. The van der Waals surface area contributed by atoms with Crippen molar-refractivity contribution in [2.24, 2.45) is 0 Å². The van der Waals surface area contributed by atoms with Crippen LogP contribution in [0.3, 0.4) is 0 Å². The monoisotopic (exact) mass is 403 g/mol. The Morgan fingerprint density at radius 3 is 2.64 bits per heavy atom. The molecular formula is C18H17N3O6S. The number of carbonyl (C=O) groups excluding carboxylic acids is 3. The summed E-state index contributed by atoms with van der Waals surface area (Å²) in [6, 6.07) is 8.05. The highest BCUT2D eigenvalue weighted by atomic mass is 32.1. The first-order chi connectivity index (χ1) is 13.5. The SMILES string of the molecule is O=C(COC(=O)C1CCCN1C(=O)c1cccs1)Nc1ccc([N+](=O)[O-])cc1. The summed E-state index contributed by atoms with van der Waals surface area (Å²) in [5.74, 6) is -1.41. The summed E-state index contributed by atoms with van der Waals surface area (Å²) in [6.45, 7) is -0.0428. The fourth-order valence-corrected chi connectivity index (χ4v) is 3.57. The number of thiophene rings is 1. The maximum absolute atomic E-state index is 12.5. The highest BCUT2D eigenvalue weighted by molar-refractivity contribution is 7.12. The highest BCUT2D eigenvalue weighted by Gasteiger charge is 2.36. The summed E-state index contributed by atoms with van der Waals surface area (Å²) >= 11 is 1.30. The summed E-state index contributed by atoms with van der Waals surface area (Å²) in [6.07, 6.45) is 1.17. The van der Waals surface area contributed by atoms with Gasteiger partial charge in [-0.1, -0.05) is 6.07 Å². The molecule has 1 atom stereocenters. The summed E-state index contributed by atoms with van der Waals surface area (Å²) in [7, 11) is 0. The number of nitro benzene ring substituents is 1. The van der Waals surface area contributed by atoms with Crippen molar-refractivity contribution in [2.75, 3.05) is 18.5 Å². The first-order valence-corrected chi connectivity index (χ1v) is 9.39. The van der Waals surface area contributed by atoms with Crippen molar-refractivity contribution in [1.29, 1.82) is 0 Å². The molecule has 2 heterocycles. The average Bonchev–Trinajstić information content (AvgIpc) is 3.38. The van der Waals surface area contributed by atoms with Crippen LogP contribution in [0.5, 0.6) is 0 Å². The van der Waals surface area contributed by atoms with Crippen LogP contribution in [-0.4, -0.2) is 46.8 Å². The van der Waals surface area contributed by atoms with Crippen molar-refractivity contribution in [1.82, 2.24) is 4.90 Å². The zero-order chi connectivity index (χ0) is 20.1. The number of nitrogens with zero attached hydrogens (tertiary/aromatic N) is 2. The van der Waals surface area contributed by atoms with Gasteiger partial charge in [-0.2, -0.15) is 0 Å². The molecule has 1 aliphatic heterocycles. The van der Waals surface area contributed by atoms with Gasteiger partial charge < -0.3 is 15.0 Å². The van der Waals surface area contributed by atoms with Crippen LogP contribution in [0.4, 0.5) is 11.4 Å². The maximum Gasteiger partial charge on any atom is 0.329 e. The number of benzene rings is 1. The minimum atomic E-state index is -0.707. The molecule has 0 spiro atoms. The molecule has 10 heteroatoms. The Balaban J connectivity index is 1.52. The first-order valence-electron chi connectivity index (χ1n) is 8.51. The number of anilines is 1. The van der Waals surface area contributed by atoms with Crippen molar-refractivity contribution in [3.63, 3.8) is 0 Å². The van der Waals surface area contributed by atoms with E-state index in [1.807, 2.05) is 0 Å². The zero-order valence-corrected chi connectivity index (χ0v) is 15.5. The predicted octanol–water partition coefficient (Wildman–Crippen LogP) is 2.44. The Kier molecular flexibility index (Phi) is 5.99. The third-order valence-corrected chi connectivity index (χ3v) is 5.08.